The molecule has 11 heteroatoms. The number of hydrogen-bond acceptors (Lipinski definition) is 9. The molecule has 4 aromatic rings. The fraction of sp³-hybridized carbons (Fsp3) is 0.484. The van der Waals surface area contributed by atoms with Crippen LogP contribution >= 0.6 is 0 Å². The standard InChI is InChI=1S/C31H40N8O3/c1-31(2,3)42-21-32-17-27(40)38-14-12-37(13-15-38)23-10-9-22-6-4-8-26(25(22)16-23)41-18-24-7-5-11-39(24)30-28-29(34-19-33-28)35-20-36-30/h4,6,8-10,16,19-20,24,32H,5,7,11-15,17-18,21H2,1-3H3,(H,33,34,35,36)/t24-/m1/s1. The highest BCUT2D eigenvalue weighted by molar-refractivity contribution is 5.91. The van der Waals surface area contributed by atoms with Crippen LogP contribution in [0.15, 0.2) is 49.1 Å². The minimum atomic E-state index is -0.228. The Morgan fingerprint density at radius 3 is 2.76 bits per heavy atom. The number of hydrogen-bond donors (Lipinski definition) is 2. The number of H-pyrrole nitrogens is 1. The van der Waals surface area contributed by atoms with E-state index in [1.54, 1.807) is 12.7 Å². The summed E-state index contributed by atoms with van der Waals surface area (Å²) < 4.78 is 12.2. The summed E-state index contributed by atoms with van der Waals surface area (Å²) in [6.07, 6.45) is 5.37. The van der Waals surface area contributed by atoms with Crippen LogP contribution in [0.4, 0.5) is 11.5 Å². The monoisotopic (exact) mass is 572 g/mol. The number of carbonyl (C=O) groups is 1. The molecule has 2 saturated heterocycles. The minimum Gasteiger partial charge on any atom is -0.491 e. The highest BCUT2D eigenvalue weighted by Crippen LogP contribution is 2.32. The van der Waals surface area contributed by atoms with Crippen molar-refractivity contribution in [1.82, 2.24) is 30.2 Å². The molecule has 222 valence electrons. The molecular formula is C31H40N8O3. The number of anilines is 2. The molecule has 0 unspecified atom stereocenters. The molecule has 1 amide bonds. The Hall–Kier alpha value is -3.96. The lowest BCUT2D eigenvalue weighted by molar-refractivity contribution is -0.131. The first kappa shape index (κ1) is 28.2. The van der Waals surface area contributed by atoms with E-state index in [1.807, 2.05) is 31.7 Å². The highest BCUT2D eigenvalue weighted by Gasteiger charge is 2.29. The Balaban J connectivity index is 1.08. The smallest absolute Gasteiger partial charge is 0.236 e. The van der Waals surface area contributed by atoms with E-state index in [9.17, 15) is 4.79 Å². The second kappa shape index (κ2) is 12.1. The van der Waals surface area contributed by atoms with E-state index in [0.717, 1.165) is 66.0 Å². The van der Waals surface area contributed by atoms with Crippen LogP contribution < -0.4 is 19.9 Å². The molecule has 2 N–H and O–H groups in total. The van der Waals surface area contributed by atoms with Crippen molar-refractivity contribution in [2.24, 2.45) is 0 Å². The largest absolute Gasteiger partial charge is 0.491 e. The van der Waals surface area contributed by atoms with Gasteiger partial charge in [-0.3, -0.25) is 10.1 Å². The average molecular weight is 573 g/mol. The fourth-order valence-corrected chi connectivity index (χ4v) is 5.75. The van der Waals surface area contributed by atoms with E-state index < -0.39 is 0 Å². The van der Waals surface area contributed by atoms with Crippen LogP contribution in [0.2, 0.25) is 0 Å². The SMILES string of the molecule is CC(C)(C)OCNCC(=O)N1CCN(c2ccc3cccc(OC[C@H]4CCCN4c4ncnc5nc[nH]c45)c3c2)CC1. The molecular weight excluding hydrogens is 532 g/mol. The summed E-state index contributed by atoms with van der Waals surface area (Å²) in [6.45, 7) is 11.1. The van der Waals surface area contributed by atoms with E-state index in [4.69, 9.17) is 9.47 Å². The van der Waals surface area contributed by atoms with Gasteiger partial charge in [-0.2, -0.15) is 0 Å². The predicted molar refractivity (Wildman–Crippen MR) is 164 cm³/mol. The number of amides is 1. The number of imidazole rings is 1. The van der Waals surface area contributed by atoms with Gasteiger partial charge in [-0.25, -0.2) is 15.0 Å². The molecule has 2 aliphatic rings. The van der Waals surface area contributed by atoms with Crippen molar-refractivity contribution in [2.75, 3.05) is 62.4 Å². The van der Waals surface area contributed by atoms with Gasteiger partial charge in [-0.15, -0.1) is 0 Å². The van der Waals surface area contributed by atoms with Gasteiger partial charge >= 0.3 is 0 Å². The molecule has 0 radical (unpaired) electrons. The van der Waals surface area contributed by atoms with Gasteiger partial charge < -0.3 is 29.2 Å². The lowest BCUT2D eigenvalue weighted by atomic mass is 10.1. The van der Waals surface area contributed by atoms with Crippen LogP contribution in [0.1, 0.15) is 33.6 Å². The molecule has 6 rings (SSSR count). The third kappa shape index (κ3) is 6.27. The normalized spacial score (nSPS) is 17.9. The maximum atomic E-state index is 12.7. The van der Waals surface area contributed by atoms with Crippen molar-refractivity contribution in [3.05, 3.63) is 49.1 Å². The maximum Gasteiger partial charge on any atom is 0.236 e. The van der Waals surface area contributed by atoms with Crippen LogP contribution in [-0.4, -0.2) is 95.0 Å². The summed E-state index contributed by atoms with van der Waals surface area (Å²) >= 11 is 0. The van der Waals surface area contributed by atoms with Crippen LogP contribution in [0, 0.1) is 0 Å². The first-order valence-corrected chi connectivity index (χ1v) is 14.8. The molecule has 0 aliphatic carbocycles. The van der Waals surface area contributed by atoms with E-state index in [1.165, 1.54) is 0 Å². The number of nitrogens with zero attached hydrogens (tertiary/aromatic N) is 6. The second-order valence-corrected chi connectivity index (χ2v) is 12.0. The first-order chi connectivity index (χ1) is 20.4. The van der Waals surface area contributed by atoms with Crippen molar-refractivity contribution in [2.45, 2.75) is 45.3 Å². The van der Waals surface area contributed by atoms with Gasteiger partial charge in [-0.1, -0.05) is 18.2 Å². The number of aromatic amines is 1. The maximum absolute atomic E-state index is 12.7. The first-order valence-electron chi connectivity index (χ1n) is 14.8. The van der Waals surface area contributed by atoms with Gasteiger partial charge in [0.2, 0.25) is 5.91 Å². The third-order valence-corrected chi connectivity index (χ3v) is 7.99. The van der Waals surface area contributed by atoms with Gasteiger partial charge in [0.1, 0.15) is 24.2 Å². The van der Waals surface area contributed by atoms with Crippen LogP contribution in [0.5, 0.6) is 5.75 Å². The van der Waals surface area contributed by atoms with Crippen LogP contribution in [0.3, 0.4) is 0 Å². The molecule has 11 nitrogen and oxygen atoms in total. The molecule has 4 heterocycles. The van der Waals surface area contributed by atoms with Gasteiger partial charge in [0, 0.05) is 43.8 Å². The van der Waals surface area contributed by atoms with Crippen molar-refractivity contribution < 1.29 is 14.3 Å². The topological polar surface area (TPSA) is 112 Å². The number of nitrogens with one attached hydrogen (secondary N) is 2. The van der Waals surface area contributed by atoms with Crippen molar-refractivity contribution in [1.29, 1.82) is 0 Å². The number of benzene rings is 2. The third-order valence-electron chi connectivity index (χ3n) is 7.99. The second-order valence-electron chi connectivity index (χ2n) is 12.0. The number of ether oxygens (including phenoxy) is 2. The summed E-state index contributed by atoms with van der Waals surface area (Å²) in [6, 6.07) is 13.0. The van der Waals surface area contributed by atoms with Crippen molar-refractivity contribution in [3.8, 4) is 5.75 Å². The number of rotatable bonds is 9. The van der Waals surface area contributed by atoms with Gasteiger partial charge in [0.05, 0.1) is 31.2 Å². The molecule has 2 aromatic heterocycles. The van der Waals surface area contributed by atoms with Gasteiger partial charge in [-0.05, 0) is 57.2 Å². The molecule has 2 fully saturated rings. The summed E-state index contributed by atoms with van der Waals surface area (Å²) in [4.78, 5) is 35.6. The Kier molecular flexibility index (Phi) is 8.12. The molecule has 0 spiro atoms. The molecule has 1 atom stereocenters. The van der Waals surface area contributed by atoms with Crippen molar-refractivity contribution >= 4 is 39.3 Å². The number of aromatic nitrogens is 4. The molecule has 0 saturated carbocycles. The predicted octanol–water partition coefficient (Wildman–Crippen LogP) is 3.56. The van der Waals surface area contributed by atoms with Crippen LogP contribution in [-0.2, 0) is 9.53 Å². The average Bonchev–Trinajstić information content (AvgIpc) is 3.67. The zero-order valence-corrected chi connectivity index (χ0v) is 24.7. The summed E-state index contributed by atoms with van der Waals surface area (Å²) in [7, 11) is 0. The highest BCUT2D eigenvalue weighted by atomic mass is 16.5. The Morgan fingerprint density at radius 1 is 1.07 bits per heavy atom. The van der Waals surface area contributed by atoms with Crippen molar-refractivity contribution in [3.63, 3.8) is 0 Å². The van der Waals surface area contributed by atoms with Gasteiger partial charge in [0.15, 0.2) is 11.5 Å². The van der Waals surface area contributed by atoms with E-state index in [-0.39, 0.29) is 24.1 Å². The lowest BCUT2D eigenvalue weighted by Gasteiger charge is -2.36. The molecule has 42 heavy (non-hydrogen) atoms. The zero-order valence-electron chi connectivity index (χ0n) is 24.7. The quantitative estimate of drug-likeness (QED) is 0.230. The Bertz CT molecular complexity index is 1530. The van der Waals surface area contributed by atoms with E-state index in [0.29, 0.717) is 32.1 Å². The number of fused-ring (bicyclic) bond motifs is 2. The van der Waals surface area contributed by atoms with Crippen LogP contribution in [0.25, 0.3) is 21.9 Å². The molecule has 2 aromatic carbocycles. The summed E-state index contributed by atoms with van der Waals surface area (Å²) in [5.74, 6) is 1.88. The Labute approximate surface area is 246 Å². The number of carbonyl (C=O) groups excluding carboxylic acids is 1. The zero-order chi connectivity index (χ0) is 29.1. The summed E-state index contributed by atoms with van der Waals surface area (Å²) in [5, 5.41) is 5.35. The minimum absolute atomic E-state index is 0.109. The summed E-state index contributed by atoms with van der Waals surface area (Å²) in [5.41, 5.74) is 2.47. The van der Waals surface area contributed by atoms with Gasteiger partial charge in [0.25, 0.3) is 0 Å². The van der Waals surface area contributed by atoms with E-state index in [2.05, 4.69) is 65.4 Å². The lowest BCUT2D eigenvalue weighted by Crippen LogP contribution is -2.51. The molecule has 2 aliphatic heterocycles. The number of piperazine rings is 1. The molecule has 0 bridgehead atoms. The Morgan fingerprint density at radius 2 is 1.93 bits per heavy atom. The fourth-order valence-electron chi connectivity index (χ4n) is 5.75. The van der Waals surface area contributed by atoms with E-state index >= 15 is 0 Å².